The summed E-state index contributed by atoms with van der Waals surface area (Å²) in [5.41, 5.74) is 6.81. The van der Waals surface area contributed by atoms with E-state index in [1.54, 1.807) is 0 Å². The number of hydrogen-bond donors (Lipinski definition) is 2. The van der Waals surface area contributed by atoms with Crippen LogP contribution in [0.4, 0.5) is 8.78 Å². The quantitative estimate of drug-likeness (QED) is 0.895. The maximum atomic E-state index is 13.1. The first-order chi connectivity index (χ1) is 11.0. The van der Waals surface area contributed by atoms with Crippen LogP contribution in [0.1, 0.15) is 37.7 Å². The number of nitrogens with one attached hydrogen (secondary N) is 1. The van der Waals surface area contributed by atoms with E-state index in [4.69, 9.17) is 5.73 Å². The molecule has 3 N–H and O–H groups in total. The van der Waals surface area contributed by atoms with Gasteiger partial charge in [-0.2, -0.15) is 0 Å². The molecule has 126 valence electrons. The van der Waals surface area contributed by atoms with Crippen LogP contribution >= 0.6 is 0 Å². The molecule has 23 heavy (non-hydrogen) atoms. The second kappa shape index (κ2) is 6.95. The zero-order valence-corrected chi connectivity index (χ0v) is 13.2. The Morgan fingerprint density at radius 1 is 1.13 bits per heavy atom. The van der Waals surface area contributed by atoms with Crippen molar-refractivity contribution in [2.45, 2.75) is 44.6 Å². The summed E-state index contributed by atoms with van der Waals surface area (Å²) in [6.07, 6.45) is 5.66. The highest BCUT2D eigenvalue weighted by molar-refractivity contribution is 5.78. The van der Waals surface area contributed by atoms with Crippen LogP contribution in [0.3, 0.4) is 0 Å². The predicted octanol–water partition coefficient (Wildman–Crippen LogP) is 2.78. The van der Waals surface area contributed by atoms with Crippen molar-refractivity contribution >= 4 is 5.91 Å². The van der Waals surface area contributed by atoms with Gasteiger partial charge in [-0.25, -0.2) is 8.78 Å². The average Bonchev–Trinajstić information content (AvgIpc) is 2.45. The van der Waals surface area contributed by atoms with E-state index in [1.165, 1.54) is 18.6 Å². The van der Waals surface area contributed by atoms with Gasteiger partial charge in [0.2, 0.25) is 5.91 Å². The van der Waals surface area contributed by atoms with E-state index in [9.17, 15) is 13.6 Å². The summed E-state index contributed by atoms with van der Waals surface area (Å²) in [5, 5.41) is 2.92. The molecule has 1 amide bonds. The van der Waals surface area contributed by atoms with Crippen LogP contribution in [-0.2, 0) is 11.2 Å². The summed E-state index contributed by atoms with van der Waals surface area (Å²) in [6.45, 7) is 0.402. The summed E-state index contributed by atoms with van der Waals surface area (Å²) in [7, 11) is 0. The number of nitrogens with two attached hydrogens (primary N) is 1. The fraction of sp³-hybridized carbons (Fsp3) is 0.611. The molecule has 0 radical (unpaired) electrons. The van der Waals surface area contributed by atoms with Crippen molar-refractivity contribution < 1.29 is 13.6 Å². The maximum absolute atomic E-state index is 13.1. The number of amides is 1. The molecule has 2 saturated carbocycles. The minimum absolute atomic E-state index is 0.0364. The molecule has 2 unspecified atom stereocenters. The van der Waals surface area contributed by atoms with E-state index in [2.05, 4.69) is 5.32 Å². The normalized spacial score (nSPS) is 30.0. The van der Waals surface area contributed by atoms with Crippen molar-refractivity contribution in [3.63, 3.8) is 0 Å². The monoisotopic (exact) mass is 322 g/mol. The van der Waals surface area contributed by atoms with Crippen molar-refractivity contribution in [1.82, 2.24) is 5.32 Å². The minimum atomic E-state index is -0.583. The molecule has 2 bridgehead atoms. The van der Waals surface area contributed by atoms with E-state index in [0.717, 1.165) is 31.7 Å². The van der Waals surface area contributed by atoms with Crippen LogP contribution in [0.15, 0.2) is 18.2 Å². The van der Waals surface area contributed by atoms with Gasteiger partial charge in [-0.05, 0) is 61.6 Å². The van der Waals surface area contributed by atoms with Crippen LogP contribution in [0.5, 0.6) is 0 Å². The largest absolute Gasteiger partial charge is 0.356 e. The number of rotatable bonds is 4. The number of fused-ring (bicyclic) bond motifs is 2. The van der Waals surface area contributed by atoms with Gasteiger partial charge in [-0.1, -0.05) is 6.42 Å². The third-order valence-corrected chi connectivity index (χ3v) is 5.42. The van der Waals surface area contributed by atoms with Crippen LogP contribution in [0.25, 0.3) is 0 Å². The van der Waals surface area contributed by atoms with Gasteiger partial charge in [0.25, 0.3) is 0 Å². The molecular weight excluding hydrogens is 298 g/mol. The Hall–Kier alpha value is -1.49. The van der Waals surface area contributed by atoms with Crippen LogP contribution < -0.4 is 11.1 Å². The molecule has 2 aliphatic rings. The maximum Gasteiger partial charge on any atom is 0.223 e. The van der Waals surface area contributed by atoms with Gasteiger partial charge in [0, 0.05) is 24.6 Å². The zero-order chi connectivity index (χ0) is 16.4. The third-order valence-electron chi connectivity index (χ3n) is 5.42. The second-order valence-electron chi connectivity index (χ2n) is 7.02. The van der Waals surface area contributed by atoms with Gasteiger partial charge >= 0.3 is 0 Å². The Morgan fingerprint density at radius 3 is 2.35 bits per heavy atom. The van der Waals surface area contributed by atoms with Crippen molar-refractivity contribution in [3.05, 3.63) is 35.4 Å². The average molecular weight is 322 g/mol. The lowest BCUT2D eigenvalue weighted by Gasteiger charge is -2.43. The van der Waals surface area contributed by atoms with Gasteiger partial charge in [0.15, 0.2) is 0 Å². The van der Waals surface area contributed by atoms with Crippen molar-refractivity contribution in [1.29, 1.82) is 0 Å². The van der Waals surface area contributed by atoms with Gasteiger partial charge < -0.3 is 11.1 Å². The second-order valence-corrected chi connectivity index (χ2v) is 7.02. The Morgan fingerprint density at radius 2 is 1.74 bits per heavy atom. The highest BCUT2D eigenvalue weighted by Crippen LogP contribution is 2.41. The first-order valence-electron chi connectivity index (χ1n) is 8.51. The Bertz CT molecular complexity index is 544. The van der Waals surface area contributed by atoms with Crippen LogP contribution in [-0.4, -0.2) is 18.5 Å². The van der Waals surface area contributed by atoms with Gasteiger partial charge in [-0.3, -0.25) is 4.79 Å². The molecule has 1 aromatic carbocycles. The van der Waals surface area contributed by atoms with Gasteiger partial charge in [-0.15, -0.1) is 0 Å². The predicted molar refractivity (Wildman–Crippen MR) is 84.6 cm³/mol. The third kappa shape index (κ3) is 3.89. The Labute approximate surface area is 135 Å². The molecule has 3 nitrogen and oxygen atoms in total. The lowest BCUT2D eigenvalue weighted by atomic mass is 9.65. The van der Waals surface area contributed by atoms with Crippen LogP contribution in [0, 0.1) is 29.4 Å². The number of hydrogen-bond acceptors (Lipinski definition) is 2. The SMILES string of the molecule is NC1C2CCCC1CC(C(=O)NCCc1cc(F)cc(F)c1)C2. The Balaban J connectivity index is 1.50. The lowest BCUT2D eigenvalue weighted by Crippen LogP contribution is -2.49. The summed E-state index contributed by atoms with van der Waals surface area (Å²) in [6, 6.07) is 3.72. The summed E-state index contributed by atoms with van der Waals surface area (Å²) < 4.78 is 26.3. The molecule has 2 atom stereocenters. The topological polar surface area (TPSA) is 55.1 Å². The van der Waals surface area contributed by atoms with Crippen LogP contribution in [0.2, 0.25) is 0 Å². The number of halogens is 2. The molecule has 2 aliphatic carbocycles. The fourth-order valence-electron chi connectivity index (χ4n) is 4.23. The van der Waals surface area contributed by atoms with E-state index in [1.807, 2.05) is 0 Å². The lowest BCUT2D eigenvalue weighted by molar-refractivity contribution is -0.127. The molecule has 0 heterocycles. The molecule has 0 aromatic heterocycles. The van der Waals surface area contributed by atoms with E-state index in [-0.39, 0.29) is 17.9 Å². The minimum Gasteiger partial charge on any atom is -0.356 e. The summed E-state index contributed by atoms with van der Waals surface area (Å²) in [4.78, 5) is 12.4. The highest BCUT2D eigenvalue weighted by atomic mass is 19.1. The highest BCUT2D eigenvalue weighted by Gasteiger charge is 2.40. The van der Waals surface area contributed by atoms with Crippen molar-refractivity contribution in [2.24, 2.45) is 23.5 Å². The molecule has 5 heteroatoms. The van der Waals surface area contributed by atoms with E-state index in [0.29, 0.717) is 30.4 Å². The Kier molecular flexibility index (Phi) is 4.95. The standard InChI is InChI=1S/C18H24F2N2O/c19-15-6-11(7-16(20)10-15)4-5-22-18(23)14-8-12-2-1-3-13(9-14)17(12)21/h6-7,10,12-14,17H,1-5,8-9,21H2,(H,22,23). The van der Waals surface area contributed by atoms with E-state index < -0.39 is 11.6 Å². The summed E-state index contributed by atoms with van der Waals surface area (Å²) >= 11 is 0. The smallest absolute Gasteiger partial charge is 0.223 e. The van der Waals surface area contributed by atoms with E-state index >= 15 is 0 Å². The summed E-state index contributed by atoms with van der Waals surface area (Å²) in [5.74, 6) is -0.132. The number of carbonyl (C=O) groups excluding carboxylic acids is 1. The molecule has 1 aromatic rings. The molecular formula is C18H24F2N2O. The molecule has 3 rings (SSSR count). The number of carbonyl (C=O) groups is 1. The molecule has 0 saturated heterocycles. The number of benzene rings is 1. The van der Waals surface area contributed by atoms with Gasteiger partial charge in [0.05, 0.1) is 0 Å². The fourth-order valence-corrected chi connectivity index (χ4v) is 4.23. The first-order valence-corrected chi connectivity index (χ1v) is 8.51. The van der Waals surface area contributed by atoms with Crippen molar-refractivity contribution in [2.75, 3.05) is 6.54 Å². The van der Waals surface area contributed by atoms with Gasteiger partial charge in [0.1, 0.15) is 11.6 Å². The molecule has 0 aliphatic heterocycles. The first kappa shape index (κ1) is 16.4. The molecule has 0 spiro atoms. The van der Waals surface area contributed by atoms with Crippen molar-refractivity contribution in [3.8, 4) is 0 Å². The zero-order valence-electron chi connectivity index (χ0n) is 13.2. The molecule has 2 fully saturated rings.